The van der Waals surface area contributed by atoms with E-state index in [0.29, 0.717) is 25.7 Å². The molecule has 0 atom stereocenters. The Morgan fingerprint density at radius 1 is 1.17 bits per heavy atom. The first kappa shape index (κ1) is 17.8. The van der Waals surface area contributed by atoms with Crippen LogP contribution in [0.2, 0.25) is 0 Å². The van der Waals surface area contributed by atoms with E-state index < -0.39 is 11.8 Å². The normalized spacial score (nSPS) is 24.3. The third kappa shape index (κ3) is 5.24. The molecule has 4 nitrogen and oxygen atoms in total. The fourth-order valence-corrected chi connectivity index (χ4v) is 3.36. The lowest BCUT2D eigenvalue weighted by Gasteiger charge is -2.35. The summed E-state index contributed by atoms with van der Waals surface area (Å²) in [5.74, 6) is 0. The highest BCUT2D eigenvalue weighted by Crippen LogP contribution is 2.38. The molecule has 2 rings (SSSR count). The number of ether oxygens (including phenoxy) is 1. The van der Waals surface area contributed by atoms with Crippen molar-refractivity contribution in [1.29, 1.82) is 0 Å². The number of carbonyl (C=O) groups is 1. The molecule has 0 amide bonds. The van der Waals surface area contributed by atoms with Gasteiger partial charge in [-0.05, 0) is 49.7 Å². The minimum Gasteiger partial charge on any atom is -0.450 e. The molecule has 0 radical (unpaired) electrons. The number of hydrogen-bond donors (Lipinski definition) is 2. The monoisotopic (exact) mass is 320 g/mol. The van der Waals surface area contributed by atoms with E-state index in [0.717, 1.165) is 12.0 Å². The third-order valence-electron chi connectivity index (χ3n) is 4.84. The summed E-state index contributed by atoms with van der Waals surface area (Å²) in [5, 5.41) is 19.5. The zero-order valence-corrected chi connectivity index (χ0v) is 14.0. The van der Waals surface area contributed by atoms with E-state index in [1.807, 2.05) is 12.1 Å². The molecule has 0 unspecified atom stereocenters. The number of aryl methyl sites for hydroxylation is 1. The number of carboxylic acid groups (broad SMARTS) is 1. The molecule has 0 heterocycles. The Hall–Kier alpha value is -1.55. The minimum atomic E-state index is -1.23. The predicted molar refractivity (Wildman–Crippen MR) is 89.6 cm³/mol. The number of hydrogen-bond acceptors (Lipinski definition) is 3. The molecular formula is C19H28O4. The van der Waals surface area contributed by atoms with E-state index in [2.05, 4.69) is 19.1 Å². The highest BCUT2D eigenvalue weighted by molar-refractivity contribution is 5.57. The van der Waals surface area contributed by atoms with Crippen molar-refractivity contribution < 1.29 is 19.7 Å². The Morgan fingerprint density at radius 2 is 1.83 bits per heavy atom. The van der Waals surface area contributed by atoms with Gasteiger partial charge in [0.2, 0.25) is 0 Å². The molecule has 2 N–H and O–H groups in total. The van der Waals surface area contributed by atoms with Gasteiger partial charge < -0.3 is 14.9 Å². The van der Waals surface area contributed by atoms with Crippen LogP contribution >= 0.6 is 0 Å². The van der Waals surface area contributed by atoms with Crippen molar-refractivity contribution in [2.75, 3.05) is 0 Å². The molecule has 1 saturated carbocycles. The molecule has 1 aliphatic rings. The van der Waals surface area contributed by atoms with Crippen LogP contribution in [0.4, 0.5) is 4.79 Å². The SMILES string of the molecule is CCCCCCc1ccc(C2(O)CCC(OC(=O)O)CC2)cc1. The van der Waals surface area contributed by atoms with Crippen LogP contribution in [0.25, 0.3) is 0 Å². The zero-order valence-electron chi connectivity index (χ0n) is 14.0. The summed E-state index contributed by atoms with van der Waals surface area (Å²) >= 11 is 0. The second-order valence-electron chi connectivity index (χ2n) is 6.62. The van der Waals surface area contributed by atoms with E-state index in [-0.39, 0.29) is 6.10 Å². The highest BCUT2D eigenvalue weighted by Gasteiger charge is 2.36. The summed E-state index contributed by atoms with van der Waals surface area (Å²) in [7, 11) is 0. The molecule has 1 fully saturated rings. The molecular weight excluding hydrogens is 292 g/mol. The van der Waals surface area contributed by atoms with Crippen molar-refractivity contribution >= 4 is 6.16 Å². The van der Waals surface area contributed by atoms with Gasteiger partial charge in [-0.1, -0.05) is 50.5 Å². The van der Waals surface area contributed by atoms with Gasteiger partial charge in [0.25, 0.3) is 0 Å². The maximum atomic E-state index is 10.8. The predicted octanol–water partition coefficient (Wildman–Crippen LogP) is 4.63. The van der Waals surface area contributed by atoms with Gasteiger partial charge in [0.05, 0.1) is 5.60 Å². The van der Waals surface area contributed by atoms with Crippen LogP contribution in [-0.2, 0) is 16.8 Å². The van der Waals surface area contributed by atoms with Gasteiger partial charge in [-0.25, -0.2) is 4.79 Å². The number of benzene rings is 1. The highest BCUT2D eigenvalue weighted by atomic mass is 16.7. The maximum absolute atomic E-state index is 10.8. The van der Waals surface area contributed by atoms with Gasteiger partial charge in [0, 0.05) is 0 Å². The fraction of sp³-hybridized carbons (Fsp3) is 0.632. The lowest BCUT2D eigenvalue weighted by molar-refractivity contribution is -0.0481. The Morgan fingerprint density at radius 3 is 2.39 bits per heavy atom. The van der Waals surface area contributed by atoms with Gasteiger partial charge in [-0.2, -0.15) is 0 Å². The van der Waals surface area contributed by atoms with E-state index in [1.54, 1.807) is 0 Å². The van der Waals surface area contributed by atoms with Gasteiger partial charge in [-0.3, -0.25) is 0 Å². The molecule has 0 saturated heterocycles. The minimum absolute atomic E-state index is 0.286. The molecule has 0 spiro atoms. The van der Waals surface area contributed by atoms with Gasteiger partial charge in [0.1, 0.15) is 6.10 Å². The summed E-state index contributed by atoms with van der Waals surface area (Å²) in [5.41, 5.74) is 1.40. The quantitative estimate of drug-likeness (QED) is 0.567. The molecule has 1 aliphatic carbocycles. The summed E-state index contributed by atoms with van der Waals surface area (Å²) in [6, 6.07) is 8.26. The summed E-state index contributed by atoms with van der Waals surface area (Å²) in [6.07, 6.45) is 6.82. The molecule has 1 aromatic carbocycles. The smallest absolute Gasteiger partial charge is 0.450 e. The van der Waals surface area contributed by atoms with Crippen molar-refractivity contribution in [2.24, 2.45) is 0 Å². The number of aliphatic hydroxyl groups is 1. The fourth-order valence-electron chi connectivity index (χ4n) is 3.36. The Labute approximate surface area is 138 Å². The largest absolute Gasteiger partial charge is 0.506 e. The van der Waals surface area contributed by atoms with Crippen LogP contribution in [-0.4, -0.2) is 22.5 Å². The van der Waals surface area contributed by atoms with Crippen LogP contribution < -0.4 is 0 Å². The number of rotatable bonds is 7. The van der Waals surface area contributed by atoms with E-state index in [4.69, 9.17) is 9.84 Å². The van der Waals surface area contributed by atoms with Gasteiger partial charge >= 0.3 is 6.16 Å². The standard InChI is InChI=1S/C19H28O4/c1-2-3-4-5-6-15-7-9-16(10-8-15)19(22)13-11-17(12-14-19)23-18(20)21/h7-10,17,22H,2-6,11-14H2,1H3,(H,20,21). The topological polar surface area (TPSA) is 66.8 Å². The van der Waals surface area contributed by atoms with Crippen LogP contribution in [0.1, 0.15) is 69.4 Å². The molecule has 4 heteroatoms. The lowest BCUT2D eigenvalue weighted by Crippen LogP contribution is -2.35. The molecule has 1 aromatic rings. The van der Waals surface area contributed by atoms with Crippen LogP contribution in [0, 0.1) is 0 Å². The molecule has 0 aromatic heterocycles. The summed E-state index contributed by atoms with van der Waals surface area (Å²) in [4.78, 5) is 10.6. The zero-order chi connectivity index (χ0) is 16.7. The lowest BCUT2D eigenvalue weighted by atomic mass is 9.78. The maximum Gasteiger partial charge on any atom is 0.506 e. The summed E-state index contributed by atoms with van der Waals surface area (Å²) < 4.78 is 4.81. The second kappa shape index (κ2) is 8.34. The average Bonchev–Trinajstić information content (AvgIpc) is 2.54. The first-order valence-corrected chi connectivity index (χ1v) is 8.75. The third-order valence-corrected chi connectivity index (χ3v) is 4.84. The van der Waals surface area contributed by atoms with Crippen molar-refractivity contribution in [3.63, 3.8) is 0 Å². The molecule has 0 bridgehead atoms. The van der Waals surface area contributed by atoms with E-state index in [1.165, 1.54) is 31.2 Å². The Balaban J connectivity index is 1.87. The van der Waals surface area contributed by atoms with Gasteiger partial charge in [-0.15, -0.1) is 0 Å². The van der Waals surface area contributed by atoms with Crippen molar-refractivity contribution in [3.8, 4) is 0 Å². The molecule has 128 valence electrons. The van der Waals surface area contributed by atoms with E-state index in [9.17, 15) is 9.90 Å². The Kier molecular flexibility index (Phi) is 6.46. The second-order valence-corrected chi connectivity index (χ2v) is 6.62. The van der Waals surface area contributed by atoms with Gasteiger partial charge in [0.15, 0.2) is 0 Å². The first-order valence-electron chi connectivity index (χ1n) is 8.75. The summed E-state index contributed by atoms with van der Waals surface area (Å²) in [6.45, 7) is 2.21. The van der Waals surface area contributed by atoms with Crippen molar-refractivity contribution in [3.05, 3.63) is 35.4 Å². The molecule has 0 aliphatic heterocycles. The van der Waals surface area contributed by atoms with Crippen LogP contribution in [0.5, 0.6) is 0 Å². The first-order chi connectivity index (χ1) is 11.0. The Bertz CT molecular complexity index is 487. The van der Waals surface area contributed by atoms with Crippen molar-refractivity contribution in [1.82, 2.24) is 0 Å². The molecule has 23 heavy (non-hydrogen) atoms. The van der Waals surface area contributed by atoms with E-state index >= 15 is 0 Å². The average molecular weight is 320 g/mol. The number of unbranched alkanes of at least 4 members (excludes halogenated alkanes) is 3. The van der Waals surface area contributed by atoms with Crippen LogP contribution in [0.15, 0.2) is 24.3 Å². The van der Waals surface area contributed by atoms with Crippen molar-refractivity contribution in [2.45, 2.75) is 76.4 Å². The van der Waals surface area contributed by atoms with Crippen LogP contribution in [0.3, 0.4) is 0 Å².